The number of hydrogen-bond donors (Lipinski definition) is 1. The van der Waals surface area contributed by atoms with Crippen molar-refractivity contribution in [2.24, 2.45) is 0 Å². The Morgan fingerprint density at radius 1 is 0.833 bits per heavy atom. The van der Waals surface area contributed by atoms with E-state index in [4.69, 9.17) is 4.74 Å². The molecular weight excluding hydrogens is 372 g/mol. The van der Waals surface area contributed by atoms with Crippen LogP contribution in [-0.4, -0.2) is 25.1 Å². The lowest BCUT2D eigenvalue weighted by Crippen LogP contribution is -2.32. The Morgan fingerprint density at radius 2 is 1.43 bits per heavy atom. The third-order valence-electron chi connectivity index (χ3n) is 5.17. The molecule has 0 heterocycles. The third-order valence-corrected chi connectivity index (χ3v) is 5.17. The quantitative estimate of drug-likeness (QED) is 0.477. The maximum Gasteiger partial charge on any atom is 0.265 e. The summed E-state index contributed by atoms with van der Waals surface area (Å²) in [6.45, 7) is 8.13. The first-order chi connectivity index (χ1) is 14.6. The Hall–Kier alpha value is -3.27. The van der Waals surface area contributed by atoms with Crippen molar-refractivity contribution in [2.75, 3.05) is 23.3 Å². The predicted octanol–water partition coefficient (Wildman–Crippen LogP) is 6.00. The summed E-state index contributed by atoms with van der Waals surface area (Å²) in [6.07, 6.45) is 0.0408. The van der Waals surface area contributed by atoms with Gasteiger partial charge in [0, 0.05) is 24.5 Å². The first-order valence-electron chi connectivity index (χ1n) is 10.6. The van der Waals surface area contributed by atoms with Crippen molar-refractivity contribution in [2.45, 2.75) is 33.3 Å². The average Bonchev–Trinajstić information content (AvgIpc) is 2.80. The van der Waals surface area contributed by atoms with Gasteiger partial charge in [-0.2, -0.15) is 0 Å². The van der Waals surface area contributed by atoms with Crippen LogP contribution in [0.4, 0.5) is 11.4 Å². The number of benzene rings is 3. The lowest BCUT2D eigenvalue weighted by atomic mass is 10.1. The molecule has 3 aromatic carbocycles. The summed E-state index contributed by atoms with van der Waals surface area (Å²) >= 11 is 0. The minimum atomic E-state index is -0.546. The number of nitrogens with one attached hydrogen (secondary N) is 1. The van der Waals surface area contributed by atoms with E-state index in [9.17, 15) is 4.79 Å². The van der Waals surface area contributed by atoms with Gasteiger partial charge in [0.15, 0.2) is 6.10 Å². The molecule has 3 aromatic rings. The molecule has 0 fully saturated rings. The SMILES string of the molecule is CCC(Oc1ccc(-c2ccccc2)cc1)C(=O)Nc1ccc(N(CC)CC)cc1. The van der Waals surface area contributed by atoms with Crippen LogP contribution in [-0.2, 0) is 4.79 Å². The molecule has 156 valence electrons. The van der Waals surface area contributed by atoms with Crippen LogP contribution in [0, 0.1) is 0 Å². The molecule has 1 unspecified atom stereocenters. The fourth-order valence-electron chi connectivity index (χ4n) is 3.41. The van der Waals surface area contributed by atoms with Gasteiger partial charge in [0.2, 0.25) is 0 Å². The number of carbonyl (C=O) groups is 1. The largest absolute Gasteiger partial charge is 0.481 e. The predicted molar refractivity (Wildman–Crippen MR) is 125 cm³/mol. The van der Waals surface area contributed by atoms with Crippen molar-refractivity contribution < 1.29 is 9.53 Å². The summed E-state index contributed by atoms with van der Waals surface area (Å²) in [5, 5.41) is 2.97. The van der Waals surface area contributed by atoms with E-state index in [0.29, 0.717) is 12.2 Å². The van der Waals surface area contributed by atoms with Crippen molar-refractivity contribution in [1.29, 1.82) is 0 Å². The molecule has 1 N–H and O–H groups in total. The fraction of sp³-hybridized carbons (Fsp3) is 0.269. The molecule has 0 spiro atoms. The molecule has 0 saturated carbocycles. The first-order valence-corrected chi connectivity index (χ1v) is 10.6. The standard InChI is InChI=1S/C26H30N2O2/c1-4-25(26(29)27-22-14-16-23(17-15-22)28(5-2)6-3)30-24-18-12-21(13-19-24)20-10-8-7-9-11-20/h7-19,25H,4-6H2,1-3H3,(H,27,29). The minimum Gasteiger partial charge on any atom is -0.481 e. The van der Waals surface area contributed by atoms with E-state index in [1.54, 1.807) is 0 Å². The molecular formula is C26H30N2O2. The second-order valence-corrected chi connectivity index (χ2v) is 7.11. The van der Waals surface area contributed by atoms with E-state index < -0.39 is 6.10 Å². The zero-order valence-corrected chi connectivity index (χ0v) is 18.0. The Bertz CT molecular complexity index is 918. The Balaban J connectivity index is 1.62. The van der Waals surface area contributed by atoms with Crippen molar-refractivity contribution in [1.82, 2.24) is 0 Å². The van der Waals surface area contributed by atoms with Gasteiger partial charge >= 0.3 is 0 Å². The van der Waals surface area contributed by atoms with Crippen LogP contribution >= 0.6 is 0 Å². The number of rotatable bonds is 9. The molecule has 3 rings (SSSR count). The monoisotopic (exact) mass is 402 g/mol. The highest BCUT2D eigenvalue weighted by Crippen LogP contribution is 2.23. The number of amides is 1. The van der Waals surface area contributed by atoms with Crippen LogP contribution in [0.25, 0.3) is 11.1 Å². The van der Waals surface area contributed by atoms with Gasteiger partial charge in [-0.1, -0.05) is 49.4 Å². The molecule has 4 heteroatoms. The molecule has 0 aromatic heterocycles. The van der Waals surface area contributed by atoms with Crippen LogP contribution in [0.2, 0.25) is 0 Å². The van der Waals surface area contributed by atoms with Crippen molar-refractivity contribution >= 4 is 17.3 Å². The second kappa shape index (κ2) is 10.5. The number of carbonyl (C=O) groups excluding carboxylic acids is 1. The highest BCUT2D eigenvalue weighted by Gasteiger charge is 2.18. The third kappa shape index (κ3) is 5.41. The zero-order chi connectivity index (χ0) is 21.3. The van der Waals surface area contributed by atoms with Crippen LogP contribution in [0.15, 0.2) is 78.9 Å². The van der Waals surface area contributed by atoms with E-state index in [0.717, 1.165) is 35.6 Å². The maximum atomic E-state index is 12.7. The van der Waals surface area contributed by atoms with Crippen LogP contribution in [0.3, 0.4) is 0 Å². The van der Waals surface area contributed by atoms with Gasteiger partial charge in [-0.25, -0.2) is 0 Å². The molecule has 30 heavy (non-hydrogen) atoms. The second-order valence-electron chi connectivity index (χ2n) is 7.11. The number of anilines is 2. The molecule has 0 saturated heterocycles. The molecule has 0 aliphatic heterocycles. The summed E-state index contributed by atoms with van der Waals surface area (Å²) < 4.78 is 5.96. The van der Waals surface area contributed by atoms with Gasteiger partial charge in [0.25, 0.3) is 5.91 Å². The van der Waals surface area contributed by atoms with Gasteiger partial charge in [-0.05, 0) is 67.8 Å². The first kappa shape index (κ1) is 21.4. The average molecular weight is 403 g/mol. The van der Waals surface area contributed by atoms with E-state index in [2.05, 4.69) is 36.2 Å². The van der Waals surface area contributed by atoms with Gasteiger partial charge in [0.1, 0.15) is 5.75 Å². The molecule has 0 aliphatic rings. The zero-order valence-electron chi connectivity index (χ0n) is 18.0. The van der Waals surface area contributed by atoms with Gasteiger partial charge in [-0.15, -0.1) is 0 Å². The fourth-order valence-corrected chi connectivity index (χ4v) is 3.41. The molecule has 0 radical (unpaired) electrons. The van der Waals surface area contributed by atoms with Crippen LogP contribution in [0.5, 0.6) is 5.75 Å². The number of hydrogen-bond acceptors (Lipinski definition) is 3. The van der Waals surface area contributed by atoms with E-state index in [-0.39, 0.29) is 5.91 Å². The topological polar surface area (TPSA) is 41.6 Å². The van der Waals surface area contributed by atoms with Crippen molar-refractivity contribution in [3.8, 4) is 16.9 Å². The Labute approximate surface area is 179 Å². The van der Waals surface area contributed by atoms with Gasteiger partial charge in [0.05, 0.1) is 0 Å². The lowest BCUT2D eigenvalue weighted by molar-refractivity contribution is -0.122. The van der Waals surface area contributed by atoms with E-state index >= 15 is 0 Å². The van der Waals surface area contributed by atoms with Crippen LogP contribution in [0.1, 0.15) is 27.2 Å². The molecule has 0 bridgehead atoms. The lowest BCUT2D eigenvalue weighted by Gasteiger charge is -2.21. The summed E-state index contributed by atoms with van der Waals surface area (Å²) in [6, 6.07) is 26.0. The van der Waals surface area contributed by atoms with E-state index in [1.165, 1.54) is 0 Å². The smallest absolute Gasteiger partial charge is 0.265 e. The van der Waals surface area contributed by atoms with Crippen molar-refractivity contribution in [3.05, 3.63) is 78.9 Å². The summed E-state index contributed by atoms with van der Waals surface area (Å²) in [4.78, 5) is 15.0. The number of nitrogens with zero attached hydrogens (tertiary/aromatic N) is 1. The minimum absolute atomic E-state index is 0.139. The summed E-state index contributed by atoms with van der Waals surface area (Å²) in [7, 11) is 0. The molecule has 0 aliphatic carbocycles. The highest BCUT2D eigenvalue weighted by atomic mass is 16.5. The van der Waals surface area contributed by atoms with Gasteiger partial charge < -0.3 is 15.0 Å². The van der Waals surface area contributed by atoms with Crippen LogP contribution < -0.4 is 15.0 Å². The Kier molecular flexibility index (Phi) is 7.50. The number of ether oxygens (including phenoxy) is 1. The highest BCUT2D eigenvalue weighted by molar-refractivity contribution is 5.94. The normalized spacial score (nSPS) is 11.6. The van der Waals surface area contributed by atoms with Crippen molar-refractivity contribution in [3.63, 3.8) is 0 Å². The maximum absolute atomic E-state index is 12.7. The van der Waals surface area contributed by atoms with E-state index in [1.807, 2.05) is 73.7 Å². The summed E-state index contributed by atoms with van der Waals surface area (Å²) in [5.41, 5.74) is 4.20. The molecule has 1 atom stereocenters. The summed E-state index contributed by atoms with van der Waals surface area (Å²) in [5.74, 6) is 0.550. The molecule has 1 amide bonds. The van der Waals surface area contributed by atoms with Gasteiger partial charge in [-0.3, -0.25) is 4.79 Å². The molecule has 4 nitrogen and oxygen atoms in total. The Morgan fingerprint density at radius 3 is 2.00 bits per heavy atom.